The van der Waals surface area contributed by atoms with Crippen molar-refractivity contribution in [3.8, 4) is 0 Å². The van der Waals surface area contributed by atoms with Crippen LogP contribution in [0.5, 0.6) is 0 Å². The predicted octanol–water partition coefficient (Wildman–Crippen LogP) is -1.26. The number of hydrogen-bond donors (Lipinski definition) is 0. The third kappa shape index (κ3) is 1.96. The second-order valence-corrected chi connectivity index (χ2v) is 4.16. The summed E-state index contributed by atoms with van der Waals surface area (Å²) in [4.78, 5) is 0. The molecule has 0 bridgehead atoms. The molecule has 1 heterocycles. The van der Waals surface area contributed by atoms with Gasteiger partial charge in [-0.3, -0.25) is 0 Å². The molecule has 0 aromatic heterocycles. The molecule has 1 aliphatic rings. The zero-order valence-corrected chi connectivity index (χ0v) is 4.87. The summed E-state index contributed by atoms with van der Waals surface area (Å²) in [6, 6.07) is 0. The van der Waals surface area contributed by atoms with Crippen LogP contribution in [0.25, 0.3) is 0 Å². The molecular weight excluding hydrogens is 140 g/mol. The molecule has 0 amide bonds. The predicted molar refractivity (Wildman–Crippen MR) is 39.2 cm³/mol. The summed E-state index contributed by atoms with van der Waals surface area (Å²) in [6.07, 6.45) is 1.75. The number of hydrogen-bond acceptors (Lipinski definition) is 2. The maximum absolute atomic E-state index is 10.4. The van der Waals surface area contributed by atoms with Gasteiger partial charge in [-0.25, -0.2) is 8.42 Å². The third-order valence-corrected chi connectivity index (χ3v) is 2.98. The first-order valence-corrected chi connectivity index (χ1v) is 4.23. The van der Waals surface area contributed by atoms with Crippen molar-refractivity contribution in [1.82, 2.24) is 0 Å². The van der Waals surface area contributed by atoms with E-state index in [1.807, 2.05) is 0 Å². The van der Waals surface area contributed by atoms with Gasteiger partial charge in [0.2, 0.25) is 0 Å². The van der Waals surface area contributed by atoms with E-state index >= 15 is 0 Å². The van der Waals surface area contributed by atoms with E-state index in [1.54, 1.807) is 0 Å². The highest BCUT2D eigenvalue weighted by molar-refractivity contribution is 7.91. The van der Waals surface area contributed by atoms with E-state index < -0.39 is 9.84 Å². The molecule has 1 saturated heterocycles. The van der Waals surface area contributed by atoms with Gasteiger partial charge in [-0.2, -0.15) is 0 Å². The summed E-state index contributed by atoms with van der Waals surface area (Å²) in [5.74, 6) is 0.847. The first-order valence-electron chi connectivity index (χ1n) is 2.41. The van der Waals surface area contributed by atoms with Gasteiger partial charge in [-0.15, -0.1) is 0 Å². The Morgan fingerprint density at radius 1 is 1.00 bits per heavy atom. The molecule has 0 atom stereocenters. The highest BCUT2D eigenvalue weighted by atomic mass is 32.2. The summed E-state index contributed by atoms with van der Waals surface area (Å²) in [5, 5.41) is 0. The third-order valence-electron chi connectivity index (χ3n) is 1.16. The lowest BCUT2D eigenvalue weighted by atomic mass is 10.4. The molecule has 1 rings (SSSR count). The van der Waals surface area contributed by atoms with Crippen molar-refractivity contribution < 1.29 is 8.42 Å². The minimum atomic E-state index is -2.55. The van der Waals surface area contributed by atoms with E-state index in [9.17, 15) is 8.42 Å². The monoisotopic (exact) mass is 152 g/mol. The van der Waals surface area contributed by atoms with E-state index in [4.69, 9.17) is 0 Å². The van der Waals surface area contributed by atoms with Crippen LogP contribution >= 0.6 is 0 Å². The van der Waals surface area contributed by atoms with E-state index in [1.165, 1.54) is 0 Å². The largest absolute Gasteiger partial charge is 0.229 e. The van der Waals surface area contributed by atoms with Crippen molar-refractivity contribution in [2.24, 2.45) is 0 Å². The van der Waals surface area contributed by atoms with Crippen molar-refractivity contribution in [3.63, 3.8) is 0 Å². The molecule has 4 heteroatoms. The van der Waals surface area contributed by atoms with Gasteiger partial charge < -0.3 is 0 Å². The maximum atomic E-state index is 10.4. The lowest BCUT2D eigenvalue weighted by Gasteiger charge is -1.81. The van der Waals surface area contributed by atoms with Crippen molar-refractivity contribution >= 4 is 20.8 Å². The van der Waals surface area contributed by atoms with Crippen molar-refractivity contribution in [2.45, 2.75) is 12.8 Å². The molecule has 0 aromatic rings. The van der Waals surface area contributed by atoms with Crippen molar-refractivity contribution in [3.05, 3.63) is 0 Å². The van der Waals surface area contributed by atoms with Crippen molar-refractivity contribution in [1.29, 1.82) is 0 Å². The minimum Gasteiger partial charge on any atom is -0.229 e. The molecular formula is C4H12O2SSi. The molecule has 2 nitrogen and oxygen atoms in total. The molecule has 0 unspecified atom stereocenters. The lowest BCUT2D eigenvalue weighted by Crippen LogP contribution is -1.98. The van der Waals surface area contributed by atoms with Crippen LogP contribution in [0.4, 0.5) is 0 Å². The Bertz CT molecular complexity index is 137. The highest BCUT2D eigenvalue weighted by Crippen LogP contribution is 2.08. The maximum Gasteiger partial charge on any atom is 0.150 e. The van der Waals surface area contributed by atoms with Crippen LogP contribution in [-0.4, -0.2) is 30.9 Å². The van der Waals surface area contributed by atoms with Crippen LogP contribution in [0.2, 0.25) is 0 Å². The molecule has 0 saturated carbocycles. The van der Waals surface area contributed by atoms with Crippen LogP contribution in [0, 0.1) is 0 Å². The minimum absolute atomic E-state index is 0. The van der Waals surface area contributed by atoms with E-state index in [0.29, 0.717) is 11.5 Å². The van der Waals surface area contributed by atoms with Crippen LogP contribution in [0.1, 0.15) is 12.8 Å². The van der Waals surface area contributed by atoms with Gasteiger partial charge in [-0.05, 0) is 23.8 Å². The molecule has 8 heavy (non-hydrogen) atoms. The summed E-state index contributed by atoms with van der Waals surface area (Å²) in [7, 11) is -2.55. The average molecular weight is 152 g/mol. The Kier molecular flexibility index (Phi) is 2.69. The van der Waals surface area contributed by atoms with Gasteiger partial charge in [0.15, 0.2) is 0 Å². The Labute approximate surface area is 54.2 Å². The highest BCUT2D eigenvalue weighted by Gasteiger charge is 2.16. The Balaban J connectivity index is 0.000000490. The molecule has 1 aliphatic heterocycles. The Morgan fingerprint density at radius 3 is 1.50 bits per heavy atom. The van der Waals surface area contributed by atoms with Crippen molar-refractivity contribution in [2.75, 3.05) is 11.5 Å². The fraction of sp³-hybridized carbons (Fsp3) is 1.00. The van der Waals surface area contributed by atoms with Crippen LogP contribution in [0.3, 0.4) is 0 Å². The molecule has 1 fully saturated rings. The summed E-state index contributed by atoms with van der Waals surface area (Å²) in [5.41, 5.74) is 0. The summed E-state index contributed by atoms with van der Waals surface area (Å²) < 4.78 is 20.9. The van der Waals surface area contributed by atoms with Gasteiger partial charge in [0, 0.05) is 0 Å². The normalized spacial score (nSPS) is 24.5. The fourth-order valence-corrected chi connectivity index (χ4v) is 2.24. The molecule has 0 radical (unpaired) electrons. The van der Waals surface area contributed by atoms with Crippen LogP contribution in [-0.2, 0) is 9.84 Å². The van der Waals surface area contributed by atoms with E-state index in [2.05, 4.69) is 0 Å². The quantitative estimate of drug-likeness (QED) is 0.406. The van der Waals surface area contributed by atoms with Crippen LogP contribution < -0.4 is 0 Å². The molecule has 0 aromatic carbocycles. The van der Waals surface area contributed by atoms with Crippen LogP contribution in [0.15, 0.2) is 0 Å². The van der Waals surface area contributed by atoms with Gasteiger partial charge in [0.1, 0.15) is 9.84 Å². The summed E-state index contributed by atoms with van der Waals surface area (Å²) in [6.45, 7) is 0. The van der Waals surface area contributed by atoms with Gasteiger partial charge in [0.25, 0.3) is 0 Å². The topological polar surface area (TPSA) is 34.1 Å². The van der Waals surface area contributed by atoms with E-state index in [-0.39, 0.29) is 11.0 Å². The lowest BCUT2D eigenvalue weighted by molar-refractivity contribution is 0.602. The second-order valence-electron chi connectivity index (χ2n) is 1.86. The molecule has 0 N–H and O–H groups in total. The zero-order chi connectivity index (χ0) is 5.33. The Hall–Kier alpha value is 0.167. The smallest absolute Gasteiger partial charge is 0.150 e. The van der Waals surface area contributed by atoms with Gasteiger partial charge in [0.05, 0.1) is 11.5 Å². The standard InChI is InChI=1S/C4H8O2S.H4Si/c5-7(6)3-1-2-4-7;/h1-4H2;1H4. The van der Waals surface area contributed by atoms with E-state index in [0.717, 1.165) is 12.8 Å². The average Bonchev–Trinajstić information content (AvgIpc) is 1.84. The Morgan fingerprint density at radius 2 is 1.38 bits per heavy atom. The SMILES string of the molecule is O=S1(=O)CCCC1.[SiH4]. The zero-order valence-electron chi connectivity index (χ0n) is 4.05. The number of sulfone groups is 1. The molecule has 0 spiro atoms. The summed E-state index contributed by atoms with van der Waals surface area (Å²) >= 11 is 0. The van der Waals surface area contributed by atoms with Gasteiger partial charge in [-0.1, -0.05) is 0 Å². The van der Waals surface area contributed by atoms with Gasteiger partial charge >= 0.3 is 0 Å². The fourth-order valence-electron chi connectivity index (χ4n) is 0.746. The second kappa shape index (κ2) is 2.64. The molecule has 0 aliphatic carbocycles. The first kappa shape index (κ1) is 8.17. The first-order chi connectivity index (χ1) is 3.21. The number of rotatable bonds is 0. The molecule has 50 valence electrons.